The Balaban J connectivity index is 2.19. The van der Waals surface area contributed by atoms with E-state index in [-0.39, 0.29) is 22.2 Å². The van der Waals surface area contributed by atoms with Crippen molar-refractivity contribution in [2.45, 2.75) is 0 Å². The first kappa shape index (κ1) is 14.3. The third-order valence-electron chi connectivity index (χ3n) is 3.38. The van der Waals surface area contributed by atoms with Crippen molar-refractivity contribution in [2.24, 2.45) is 0 Å². The molecule has 3 aromatic rings. The number of hydrogen-bond acceptors (Lipinski definition) is 3. The van der Waals surface area contributed by atoms with Crippen molar-refractivity contribution in [3.05, 3.63) is 53.3 Å². The summed E-state index contributed by atoms with van der Waals surface area (Å²) in [7, 11) is 1.53. The van der Waals surface area contributed by atoms with Gasteiger partial charge in [-0.1, -0.05) is 17.7 Å². The van der Waals surface area contributed by atoms with Crippen molar-refractivity contribution in [1.82, 2.24) is 14.7 Å². The van der Waals surface area contributed by atoms with Gasteiger partial charge in [0.2, 0.25) is 0 Å². The minimum absolute atomic E-state index is 0.0242. The zero-order valence-electron chi connectivity index (χ0n) is 11.6. The SMILES string of the molecule is CNC(=O)c1ncn2cc(-c3c(Cl)ccc(N)c3F)ccc12. The van der Waals surface area contributed by atoms with Crippen molar-refractivity contribution in [2.75, 3.05) is 12.8 Å². The molecule has 0 aliphatic rings. The lowest BCUT2D eigenvalue weighted by molar-refractivity contribution is 0.0960. The van der Waals surface area contributed by atoms with Gasteiger partial charge in [-0.25, -0.2) is 9.37 Å². The molecule has 7 heteroatoms. The maximum Gasteiger partial charge on any atom is 0.271 e. The van der Waals surface area contributed by atoms with Crippen LogP contribution < -0.4 is 11.1 Å². The summed E-state index contributed by atoms with van der Waals surface area (Å²) in [6, 6.07) is 6.32. The van der Waals surface area contributed by atoms with E-state index in [0.29, 0.717) is 16.8 Å². The maximum atomic E-state index is 14.2. The van der Waals surface area contributed by atoms with E-state index in [0.717, 1.165) is 0 Å². The fourth-order valence-electron chi connectivity index (χ4n) is 2.27. The van der Waals surface area contributed by atoms with Gasteiger partial charge in [-0.3, -0.25) is 4.79 Å². The number of pyridine rings is 1. The van der Waals surface area contributed by atoms with Crippen molar-refractivity contribution in [3.8, 4) is 11.1 Å². The Morgan fingerprint density at radius 2 is 2.14 bits per heavy atom. The number of anilines is 1. The number of nitrogens with two attached hydrogens (primary N) is 1. The number of nitrogens with one attached hydrogen (secondary N) is 1. The number of carbonyl (C=O) groups excluding carboxylic acids is 1. The van der Waals surface area contributed by atoms with Gasteiger partial charge in [-0.15, -0.1) is 0 Å². The fourth-order valence-corrected chi connectivity index (χ4v) is 2.53. The summed E-state index contributed by atoms with van der Waals surface area (Å²) in [5.74, 6) is -0.859. The number of aromatic nitrogens is 2. The third-order valence-corrected chi connectivity index (χ3v) is 3.70. The van der Waals surface area contributed by atoms with Crippen molar-refractivity contribution >= 4 is 28.7 Å². The average Bonchev–Trinajstić information content (AvgIpc) is 2.94. The Kier molecular flexibility index (Phi) is 3.46. The number of amides is 1. The lowest BCUT2D eigenvalue weighted by atomic mass is 10.1. The second kappa shape index (κ2) is 5.31. The number of nitrogens with zero attached hydrogens (tertiary/aromatic N) is 2. The first-order chi connectivity index (χ1) is 10.5. The zero-order chi connectivity index (χ0) is 15.9. The molecule has 0 atom stereocenters. The van der Waals surface area contributed by atoms with Crippen LogP contribution >= 0.6 is 11.6 Å². The minimum atomic E-state index is -0.571. The molecule has 0 saturated carbocycles. The van der Waals surface area contributed by atoms with Crippen LogP contribution in [0.15, 0.2) is 36.8 Å². The number of fused-ring (bicyclic) bond motifs is 1. The summed E-state index contributed by atoms with van der Waals surface area (Å²) in [5.41, 5.74) is 7.30. The molecule has 112 valence electrons. The number of rotatable bonds is 2. The summed E-state index contributed by atoms with van der Waals surface area (Å²) < 4.78 is 15.9. The predicted octanol–water partition coefficient (Wildman–Crippen LogP) is 2.74. The molecule has 0 fully saturated rings. The molecular formula is C15H12ClFN4O. The lowest BCUT2D eigenvalue weighted by Gasteiger charge is -2.09. The highest BCUT2D eigenvalue weighted by Gasteiger charge is 2.16. The van der Waals surface area contributed by atoms with E-state index in [1.165, 1.54) is 19.4 Å². The molecular weight excluding hydrogens is 307 g/mol. The second-order valence-electron chi connectivity index (χ2n) is 4.71. The van der Waals surface area contributed by atoms with Crippen LogP contribution in [-0.4, -0.2) is 22.3 Å². The number of nitrogen functional groups attached to an aromatic ring is 1. The van der Waals surface area contributed by atoms with Gasteiger partial charge < -0.3 is 15.5 Å². The molecule has 0 unspecified atom stereocenters. The smallest absolute Gasteiger partial charge is 0.271 e. The van der Waals surface area contributed by atoms with E-state index in [9.17, 15) is 9.18 Å². The van der Waals surface area contributed by atoms with E-state index in [1.54, 1.807) is 28.8 Å². The number of halogens is 2. The summed E-state index contributed by atoms with van der Waals surface area (Å²) in [4.78, 5) is 15.8. The molecule has 1 amide bonds. The van der Waals surface area contributed by atoms with Crippen LogP contribution in [-0.2, 0) is 0 Å². The summed E-state index contributed by atoms with van der Waals surface area (Å²) >= 11 is 6.08. The van der Waals surface area contributed by atoms with Gasteiger partial charge in [0.25, 0.3) is 5.91 Å². The van der Waals surface area contributed by atoms with Gasteiger partial charge in [0.15, 0.2) is 11.5 Å². The molecule has 22 heavy (non-hydrogen) atoms. The molecule has 0 saturated heterocycles. The minimum Gasteiger partial charge on any atom is -0.396 e. The Hall–Kier alpha value is -2.60. The van der Waals surface area contributed by atoms with Gasteiger partial charge in [0.1, 0.15) is 6.33 Å². The van der Waals surface area contributed by atoms with Crippen molar-refractivity contribution < 1.29 is 9.18 Å². The van der Waals surface area contributed by atoms with Gasteiger partial charge in [0.05, 0.1) is 16.2 Å². The first-order valence-corrected chi connectivity index (χ1v) is 6.83. The largest absolute Gasteiger partial charge is 0.396 e. The van der Waals surface area contributed by atoms with Crippen molar-refractivity contribution in [3.63, 3.8) is 0 Å². The van der Waals surface area contributed by atoms with E-state index in [4.69, 9.17) is 17.3 Å². The topological polar surface area (TPSA) is 72.4 Å². The van der Waals surface area contributed by atoms with Gasteiger partial charge >= 0.3 is 0 Å². The van der Waals surface area contributed by atoms with Crippen LogP contribution in [0.25, 0.3) is 16.6 Å². The Labute approximate surface area is 130 Å². The average molecular weight is 319 g/mol. The molecule has 0 aliphatic carbocycles. The van der Waals surface area contributed by atoms with Crippen LogP contribution in [0.5, 0.6) is 0 Å². The number of hydrogen-bond donors (Lipinski definition) is 2. The Bertz CT molecular complexity index is 891. The fraction of sp³-hybridized carbons (Fsp3) is 0.0667. The van der Waals surface area contributed by atoms with Crippen LogP contribution in [0.3, 0.4) is 0 Å². The van der Waals surface area contributed by atoms with Gasteiger partial charge in [-0.05, 0) is 18.2 Å². The van der Waals surface area contributed by atoms with E-state index < -0.39 is 5.82 Å². The maximum absolute atomic E-state index is 14.2. The molecule has 3 N–H and O–H groups in total. The van der Waals surface area contributed by atoms with Crippen LogP contribution in [0.2, 0.25) is 5.02 Å². The monoisotopic (exact) mass is 318 g/mol. The van der Waals surface area contributed by atoms with Gasteiger partial charge in [0, 0.05) is 24.4 Å². The number of carbonyl (C=O) groups is 1. The Morgan fingerprint density at radius 3 is 2.86 bits per heavy atom. The number of benzene rings is 1. The standard InChI is InChI=1S/C15H12ClFN4O/c1-19-15(22)14-11-5-2-8(6-21(11)7-20-14)12-9(16)3-4-10(18)13(12)17/h2-7H,18H2,1H3,(H,19,22). The highest BCUT2D eigenvalue weighted by Crippen LogP contribution is 2.33. The van der Waals surface area contributed by atoms with Crippen LogP contribution in [0.4, 0.5) is 10.1 Å². The highest BCUT2D eigenvalue weighted by molar-refractivity contribution is 6.33. The summed E-state index contributed by atoms with van der Waals surface area (Å²) in [6.07, 6.45) is 3.14. The third kappa shape index (κ3) is 2.17. The normalized spacial score (nSPS) is 10.9. The first-order valence-electron chi connectivity index (χ1n) is 6.45. The van der Waals surface area contributed by atoms with E-state index >= 15 is 0 Å². The number of imidazole rings is 1. The quantitative estimate of drug-likeness (QED) is 0.714. The van der Waals surface area contributed by atoms with Crippen LogP contribution in [0.1, 0.15) is 10.5 Å². The second-order valence-corrected chi connectivity index (χ2v) is 5.12. The summed E-state index contributed by atoms with van der Waals surface area (Å²) in [5, 5.41) is 2.78. The molecule has 2 heterocycles. The molecule has 3 rings (SSSR count). The zero-order valence-corrected chi connectivity index (χ0v) is 12.4. The Morgan fingerprint density at radius 1 is 1.36 bits per heavy atom. The van der Waals surface area contributed by atoms with Gasteiger partial charge in [-0.2, -0.15) is 0 Å². The predicted molar refractivity (Wildman–Crippen MR) is 83.4 cm³/mol. The molecule has 0 spiro atoms. The van der Waals surface area contributed by atoms with Crippen molar-refractivity contribution in [1.29, 1.82) is 0 Å². The van der Waals surface area contributed by atoms with E-state index in [1.807, 2.05) is 0 Å². The van der Waals surface area contributed by atoms with Crippen LogP contribution in [0, 0.1) is 5.82 Å². The molecule has 2 aromatic heterocycles. The molecule has 0 radical (unpaired) electrons. The molecule has 0 aliphatic heterocycles. The molecule has 0 bridgehead atoms. The van der Waals surface area contributed by atoms with E-state index in [2.05, 4.69) is 10.3 Å². The highest BCUT2D eigenvalue weighted by atomic mass is 35.5. The molecule has 5 nitrogen and oxygen atoms in total. The lowest BCUT2D eigenvalue weighted by Crippen LogP contribution is -2.18. The summed E-state index contributed by atoms with van der Waals surface area (Å²) in [6.45, 7) is 0. The molecule has 1 aromatic carbocycles.